The number of nitrogens with zero attached hydrogens (tertiary/aromatic N) is 1. The van der Waals surface area contributed by atoms with Gasteiger partial charge in [0.1, 0.15) is 13.0 Å². The summed E-state index contributed by atoms with van der Waals surface area (Å²) < 4.78 is 10.3. The zero-order chi connectivity index (χ0) is 17.4. The summed E-state index contributed by atoms with van der Waals surface area (Å²) >= 11 is 0. The molecule has 132 valence electrons. The van der Waals surface area contributed by atoms with E-state index in [0.717, 1.165) is 11.8 Å². The van der Waals surface area contributed by atoms with Crippen molar-refractivity contribution in [3.05, 3.63) is 35.9 Å². The highest BCUT2D eigenvalue weighted by molar-refractivity contribution is 5.66. The number of rotatable bonds is 8. The summed E-state index contributed by atoms with van der Waals surface area (Å²) in [6.07, 6.45) is 0.914. The van der Waals surface area contributed by atoms with Crippen molar-refractivity contribution in [3.63, 3.8) is 0 Å². The van der Waals surface area contributed by atoms with Gasteiger partial charge in [0.05, 0.1) is 12.6 Å². The Balaban J connectivity index is 1.79. The number of benzene rings is 1. The lowest BCUT2D eigenvalue weighted by Crippen LogP contribution is -2.48. The van der Waals surface area contributed by atoms with Gasteiger partial charge in [0.15, 0.2) is 6.29 Å². The predicted octanol–water partition coefficient (Wildman–Crippen LogP) is 1.46. The molecule has 24 heavy (non-hydrogen) atoms. The SMILES string of the molecule is CC(CC=O)CCOC(=O)NN1COC(O)C1Cc1ccccc1. The summed E-state index contributed by atoms with van der Waals surface area (Å²) in [5.41, 5.74) is 3.64. The number of hydrazine groups is 1. The molecular formula is C17H24N2O5. The number of aldehydes is 1. The molecule has 1 heterocycles. The van der Waals surface area contributed by atoms with Crippen molar-refractivity contribution in [2.24, 2.45) is 5.92 Å². The van der Waals surface area contributed by atoms with Crippen LogP contribution in [0.5, 0.6) is 0 Å². The average molecular weight is 336 g/mol. The monoisotopic (exact) mass is 336 g/mol. The van der Waals surface area contributed by atoms with Crippen LogP contribution in [0.15, 0.2) is 30.3 Å². The lowest BCUT2D eigenvalue weighted by molar-refractivity contribution is -0.108. The summed E-state index contributed by atoms with van der Waals surface area (Å²) in [5.74, 6) is 0.179. The van der Waals surface area contributed by atoms with E-state index in [4.69, 9.17) is 9.47 Å². The van der Waals surface area contributed by atoms with Crippen molar-refractivity contribution in [2.45, 2.75) is 38.5 Å². The smallest absolute Gasteiger partial charge is 0.421 e. The minimum atomic E-state index is -0.974. The van der Waals surface area contributed by atoms with E-state index in [1.807, 2.05) is 37.3 Å². The number of nitrogens with one attached hydrogen (secondary N) is 1. The minimum absolute atomic E-state index is 0.0926. The van der Waals surface area contributed by atoms with Crippen LogP contribution < -0.4 is 5.43 Å². The van der Waals surface area contributed by atoms with Gasteiger partial charge in [0.25, 0.3) is 0 Å². The van der Waals surface area contributed by atoms with Gasteiger partial charge >= 0.3 is 6.09 Å². The highest BCUT2D eigenvalue weighted by atomic mass is 16.6. The molecule has 1 aliphatic rings. The van der Waals surface area contributed by atoms with E-state index in [9.17, 15) is 14.7 Å². The van der Waals surface area contributed by atoms with Crippen molar-refractivity contribution in [1.82, 2.24) is 10.4 Å². The Kier molecular flexibility index (Phi) is 7.17. The molecule has 3 atom stereocenters. The third-order valence-electron chi connectivity index (χ3n) is 3.98. The number of hydrogen-bond donors (Lipinski definition) is 2. The highest BCUT2D eigenvalue weighted by Gasteiger charge is 2.35. The maximum absolute atomic E-state index is 11.9. The van der Waals surface area contributed by atoms with Crippen LogP contribution in [-0.4, -0.2) is 48.2 Å². The van der Waals surface area contributed by atoms with E-state index in [1.165, 1.54) is 5.01 Å². The molecule has 0 spiro atoms. The van der Waals surface area contributed by atoms with E-state index in [2.05, 4.69) is 5.43 Å². The first-order valence-corrected chi connectivity index (χ1v) is 8.07. The highest BCUT2D eigenvalue weighted by Crippen LogP contribution is 2.18. The zero-order valence-electron chi connectivity index (χ0n) is 13.8. The number of hydrogen-bond acceptors (Lipinski definition) is 6. The summed E-state index contributed by atoms with van der Waals surface area (Å²) in [6.45, 7) is 2.26. The minimum Gasteiger partial charge on any atom is -0.449 e. The third-order valence-corrected chi connectivity index (χ3v) is 3.98. The second-order valence-electron chi connectivity index (χ2n) is 5.96. The number of amides is 1. The number of ether oxygens (including phenoxy) is 2. The average Bonchev–Trinajstić information content (AvgIpc) is 2.89. The fraction of sp³-hybridized carbons (Fsp3) is 0.529. The van der Waals surface area contributed by atoms with E-state index in [-0.39, 0.29) is 25.3 Å². The Morgan fingerprint density at radius 2 is 2.25 bits per heavy atom. The lowest BCUT2D eigenvalue weighted by Gasteiger charge is -2.24. The normalized spacial score (nSPS) is 22.1. The molecule has 2 rings (SSSR count). The van der Waals surface area contributed by atoms with Crippen LogP contribution in [0.1, 0.15) is 25.3 Å². The molecule has 2 N–H and O–H groups in total. The van der Waals surface area contributed by atoms with Gasteiger partial charge in [-0.2, -0.15) is 5.01 Å². The Bertz CT molecular complexity index is 525. The molecule has 1 amide bonds. The molecule has 0 saturated carbocycles. The van der Waals surface area contributed by atoms with Crippen molar-refractivity contribution in [1.29, 1.82) is 0 Å². The molecule has 7 nitrogen and oxygen atoms in total. The molecule has 0 bridgehead atoms. The van der Waals surface area contributed by atoms with Crippen LogP contribution in [0.3, 0.4) is 0 Å². The topological polar surface area (TPSA) is 88.1 Å². The molecule has 1 fully saturated rings. The molecule has 7 heteroatoms. The van der Waals surface area contributed by atoms with Gasteiger partial charge in [-0.25, -0.2) is 4.79 Å². The Hall–Kier alpha value is -1.96. The standard InChI is InChI=1S/C17H24N2O5/c1-13(7-9-20)8-10-23-17(22)18-19-12-24-16(21)15(19)11-14-5-3-2-4-6-14/h2-6,9,13,15-16,21H,7-8,10-12H2,1H3,(H,18,22). The molecular weight excluding hydrogens is 312 g/mol. The first kappa shape index (κ1) is 18.4. The van der Waals surface area contributed by atoms with Crippen LogP contribution in [0.25, 0.3) is 0 Å². The second kappa shape index (κ2) is 9.36. The van der Waals surface area contributed by atoms with Crippen molar-refractivity contribution in [2.75, 3.05) is 13.3 Å². The molecule has 1 saturated heterocycles. The molecule has 0 aromatic heterocycles. The molecule has 3 unspecified atom stereocenters. The van der Waals surface area contributed by atoms with Gasteiger partial charge in [-0.15, -0.1) is 0 Å². The van der Waals surface area contributed by atoms with Gasteiger partial charge in [-0.1, -0.05) is 37.3 Å². The zero-order valence-corrected chi connectivity index (χ0v) is 13.8. The number of aliphatic hydroxyl groups is 1. The van der Waals surface area contributed by atoms with Crippen molar-refractivity contribution >= 4 is 12.4 Å². The van der Waals surface area contributed by atoms with E-state index < -0.39 is 12.4 Å². The quantitative estimate of drug-likeness (QED) is 0.699. The van der Waals surface area contributed by atoms with Crippen molar-refractivity contribution in [3.8, 4) is 0 Å². The Labute approximate surface area is 141 Å². The summed E-state index contributed by atoms with van der Waals surface area (Å²) in [7, 11) is 0. The van der Waals surface area contributed by atoms with Gasteiger partial charge in [0.2, 0.25) is 0 Å². The van der Waals surface area contributed by atoms with Gasteiger partial charge < -0.3 is 19.4 Å². The van der Waals surface area contributed by atoms with E-state index in [0.29, 0.717) is 19.3 Å². The van der Waals surface area contributed by atoms with Gasteiger partial charge in [-0.05, 0) is 24.3 Å². The Morgan fingerprint density at radius 3 is 2.96 bits per heavy atom. The maximum Gasteiger partial charge on any atom is 0.421 e. The number of carbonyl (C=O) groups excluding carboxylic acids is 2. The first-order valence-electron chi connectivity index (χ1n) is 8.07. The fourth-order valence-corrected chi connectivity index (χ4v) is 2.48. The van der Waals surface area contributed by atoms with Crippen LogP contribution in [0, 0.1) is 5.92 Å². The molecule has 0 aliphatic carbocycles. The largest absolute Gasteiger partial charge is 0.449 e. The first-order chi connectivity index (χ1) is 11.6. The third kappa shape index (κ3) is 5.59. The maximum atomic E-state index is 11.9. The van der Waals surface area contributed by atoms with Crippen molar-refractivity contribution < 1.29 is 24.2 Å². The summed E-state index contributed by atoms with van der Waals surface area (Å²) in [6, 6.07) is 9.29. The Morgan fingerprint density at radius 1 is 1.50 bits per heavy atom. The van der Waals surface area contributed by atoms with Crippen LogP contribution >= 0.6 is 0 Å². The van der Waals surface area contributed by atoms with E-state index in [1.54, 1.807) is 0 Å². The fourth-order valence-electron chi connectivity index (χ4n) is 2.48. The van der Waals surface area contributed by atoms with Crippen LogP contribution in [-0.2, 0) is 20.7 Å². The summed E-state index contributed by atoms with van der Waals surface area (Å²) in [4.78, 5) is 22.3. The van der Waals surface area contributed by atoms with E-state index >= 15 is 0 Å². The predicted molar refractivity (Wildman–Crippen MR) is 86.7 cm³/mol. The molecule has 1 aliphatic heterocycles. The van der Waals surface area contributed by atoms with Gasteiger partial charge in [0, 0.05) is 6.42 Å². The summed E-state index contributed by atoms with van der Waals surface area (Å²) in [5, 5.41) is 11.5. The lowest BCUT2D eigenvalue weighted by atomic mass is 10.1. The van der Waals surface area contributed by atoms with Gasteiger partial charge in [-0.3, -0.25) is 5.43 Å². The molecule has 0 radical (unpaired) electrons. The molecule has 1 aromatic carbocycles. The number of aliphatic hydroxyl groups excluding tert-OH is 1. The van der Waals surface area contributed by atoms with Crippen LogP contribution in [0.4, 0.5) is 4.79 Å². The van der Waals surface area contributed by atoms with Crippen LogP contribution in [0.2, 0.25) is 0 Å². The molecule has 1 aromatic rings. The number of carbonyl (C=O) groups is 2. The second-order valence-corrected chi connectivity index (χ2v) is 5.96.